The molecule has 0 atom stereocenters. The van der Waals surface area contributed by atoms with Gasteiger partial charge >= 0.3 is 5.97 Å². The highest BCUT2D eigenvalue weighted by Crippen LogP contribution is 2.20. The van der Waals surface area contributed by atoms with Crippen molar-refractivity contribution in [2.45, 2.75) is 4.90 Å². The molecule has 0 spiro atoms. The molecule has 0 amide bonds. The number of aromatic carboxylic acids is 1. The lowest BCUT2D eigenvalue weighted by molar-refractivity contribution is 0.0697. The van der Waals surface area contributed by atoms with Crippen LogP contribution >= 0.6 is 11.6 Å². The van der Waals surface area contributed by atoms with Gasteiger partial charge in [-0.3, -0.25) is 0 Å². The number of carboxylic acids is 1. The van der Waals surface area contributed by atoms with Gasteiger partial charge in [-0.05, 0) is 18.2 Å². The Balaban J connectivity index is 2.73. The molecule has 1 aromatic rings. The van der Waals surface area contributed by atoms with Crippen LogP contribution in [-0.2, 0) is 14.8 Å². The lowest BCUT2D eigenvalue weighted by atomic mass is 10.2. The number of aliphatic hydroxyl groups excluding tert-OH is 1. The van der Waals surface area contributed by atoms with Gasteiger partial charge in [0.1, 0.15) is 0 Å². The monoisotopic (exact) mass is 323 g/mol. The summed E-state index contributed by atoms with van der Waals surface area (Å²) in [7, 11) is -3.78. The Morgan fingerprint density at radius 1 is 1.35 bits per heavy atom. The Morgan fingerprint density at radius 3 is 2.60 bits per heavy atom. The van der Waals surface area contributed by atoms with Gasteiger partial charge in [-0.1, -0.05) is 11.6 Å². The standard InChI is InChI=1S/C11H14ClNO6S/c12-10-7-8(1-2-9(10)11(15)16)20(17,18)13-3-5-19-6-4-14/h1-2,7,13-14H,3-6H2,(H,15,16). The average molecular weight is 324 g/mol. The van der Waals surface area contributed by atoms with E-state index in [2.05, 4.69) is 4.72 Å². The zero-order valence-corrected chi connectivity index (χ0v) is 11.9. The molecule has 20 heavy (non-hydrogen) atoms. The van der Waals surface area contributed by atoms with Crippen molar-refractivity contribution in [3.05, 3.63) is 28.8 Å². The SMILES string of the molecule is O=C(O)c1ccc(S(=O)(=O)NCCOCCO)cc1Cl. The van der Waals surface area contributed by atoms with Crippen LogP contribution < -0.4 is 4.72 Å². The number of halogens is 1. The summed E-state index contributed by atoms with van der Waals surface area (Å²) in [6, 6.07) is 3.36. The molecule has 0 radical (unpaired) electrons. The van der Waals surface area contributed by atoms with Crippen molar-refractivity contribution in [3.63, 3.8) is 0 Å². The number of carbonyl (C=O) groups is 1. The van der Waals surface area contributed by atoms with E-state index in [-0.39, 0.29) is 41.8 Å². The first-order valence-corrected chi connectivity index (χ1v) is 7.45. The second-order valence-electron chi connectivity index (χ2n) is 3.68. The highest BCUT2D eigenvalue weighted by atomic mass is 35.5. The molecule has 0 unspecified atom stereocenters. The van der Waals surface area contributed by atoms with E-state index in [0.29, 0.717) is 0 Å². The van der Waals surface area contributed by atoms with Crippen molar-refractivity contribution in [1.82, 2.24) is 4.72 Å². The second-order valence-corrected chi connectivity index (χ2v) is 5.85. The predicted octanol–water partition coefficient (Wildman–Crippen LogP) is 0.325. The molecule has 1 aromatic carbocycles. The third-order valence-corrected chi connectivity index (χ3v) is 4.03. The van der Waals surface area contributed by atoms with Crippen LogP contribution in [0.4, 0.5) is 0 Å². The summed E-state index contributed by atoms with van der Waals surface area (Å²) in [6.45, 7) is 0.126. The fourth-order valence-corrected chi connectivity index (χ4v) is 2.70. The summed E-state index contributed by atoms with van der Waals surface area (Å²) >= 11 is 5.71. The fraction of sp³-hybridized carbons (Fsp3) is 0.364. The van der Waals surface area contributed by atoms with Gasteiger partial charge < -0.3 is 14.9 Å². The maximum Gasteiger partial charge on any atom is 0.337 e. The Kier molecular flexibility index (Phi) is 6.37. The molecular formula is C11H14ClNO6S. The lowest BCUT2D eigenvalue weighted by Gasteiger charge is -2.08. The third-order valence-electron chi connectivity index (χ3n) is 2.26. The number of sulfonamides is 1. The molecule has 9 heteroatoms. The summed E-state index contributed by atoms with van der Waals surface area (Å²) in [4.78, 5) is 10.6. The Hall–Kier alpha value is -1.19. The normalized spacial score (nSPS) is 11.5. The van der Waals surface area contributed by atoms with Gasteiger partial charge in [-0.15, -0.1) is 0 Å². The van der Waals surface area contributed by atoms with Gasteiger partial charge in [0.25, 0.3) is 0 Å². The minimum Gasteiger partial charge on any atom is -0.478 e. The second kappa shape index (κ2) is 7.55. The number of benzene rings is 1. The van der Waals surface area contributed by atoms with Gasteiger partial charge in [0.2, 0.25) is 10.0 Å². The number of rotatable bonds is 8. The van der Waals surface area contributed by atoms with Crippen molar-refractivity contribution >= 4 is 27.6 Å². The molecule has 0 heterocycles. The Labute approximate surface area is 121 Å². The van der Waals surface area contributed by atoms with Crippen LogP contribution in [0.5, 0.6) is 0 Å². The van der Waals surface area contributed by atoms with E-state index < -0.39 is 16.0 Å². The van der Waals surface area contributed by atoms with Gasteiger partial charge in [0.05, 0.1) is 35.3 Å². The van der Waals surface area contributed by atoms with E-state index in [1.165, 1.54) is 0 Å². The van der Waals surface area contributed by atoms with E-state index in [0.717, 1.165) is 18.2 Å². The first-order valence-electron chi connectivity index (χ1n) is 5.59. The van der Waals surface area contributed by atoms with Gasteiger partial charge in [-0.2, -0.15) is 0 Å². The van der Waals surface area contributed by atoms with E-state index in [1.54, 1.807) is 0 Å². The molecule has 0 saturated carbocycles. The number of ether oxygens (including phenoxy) is 1. The molecule has 0 aromatic heterocycles. The molecule has 7 nitrogen and oxygen atoms in total. The molecule has 0 aliphatic carbocycles. The summed E-state index contributed by atoms with van der Waals surface area (Å²) in [5.41, 5.74) is -0.170. The minimum absolute atomic E-state index is 0.0284. The topological polar surface area (TPSA) is 113 Å². The van der Waals surface area contributed by atoms with E-state index >= 15 is 0 Å². The highest BCUT2D eigenvalue weighted by molar-refractivity contribution is 7.89. The molecule has 0 saturated heterocycles. The molecule has 0 aliphatic rings. The molecule has 1 rings (SSSR count). The summed E-state index contributed by atoms with van der Waals surface area (Å²) in [5, 5.41) is 17.1. The summed E-state index contributed by atoms with van der Waals surface area (Å²) in [5.74, 6) is -1.23. The van der Waals surface area contributed by atoms with Gasteiger partial charge in [-0.25, -0.2) is 17.9 Å². The predicted molar refractivity (Wildman–Crippen MR) is 71.5 cm³/mol. The van der Waals surface area contributed by atoms with Crippen molar-refractivity contribution in [1.29, 1.82) is 0 Å². The lowest BCUT2D eigenvalue weighted by Crippen LogP contribution is -2.27. The van der Waals surface area contributed by atoms with Crippen molar-refractivity contribution in [2.24, 2.45) is 0 Å². The average Bonchev–Trinajstić information content (AvgIpc) is 2.37. The van der Waals surface area contributed by atoms with Crippen LogP contribution in [0.15, 0.2) is 23.1 Å². The van der Waals surface area contributed by atoms with Crippen molar-refractivity contribution in [3.8, 4) is 0 Å². The Bertz CT molecular complexity index is 574. The summed E-state index contributed by atoms with van der Waals surface area (Å²) in [6.07, 6.45) is 0. The minimum atomic E-state index is -3.78. The van der Waals surface area contributed by atoms with E-state index in [1.807, 2.05) is 0 Å². The quantitative estimate of drug-likeness (QED) is 0.594. The first kappa shape index (κ1) is 16.9. The van der Waals surface area contributed by atoms with Crippen molar-refractivity contribution in [2.75, 3.05) is 26.4 Å². The van der Waals surface area contributed by atoms with Crippen LogP contribution in [-0.4, -0.2) is 51.0 Å². The molecule has 112 valence electrons. The molecule has 0 fully saturated rings. The highest BCUT2D eigenvalue weighted by Gasteiger charge is 2.17. The van der Waals surface area contributed by atoms with Crippen LogP contribution in [0.3, 0.4) is 0 Å². The summed E-state index contributed by atoms with van der Waals surface area (Å²) < 4.78 is 30.9. The van der Waals surface area contributed by atoms with Crippen LogP contribution in [0.25, 0.3) is 0 Å². The van der Waals surface area contributed by atoms with Crippen LogP contribution in [0, 0.1) is 0 Å². The zero-order valence-electron chi connectivity index (χ0n) is 10.4. The van der Waals surface area contributed by atoms with Gasteiger partial charge in [0.15, 0.2) is 0 Å². The molecule has 0 bridgehead atoms. The van der Waals surface area contributed by atoms with Gasteiger partial charge in [0, 0.05) is 6.54 Å². The van der Waals surface area contributed by atoms with Crippen LogP contribution in [0.1, 0.15) is 10.4 Å². The Morgan fingerprint density at radius 2 is 2.05 bits per heavy atom. The molecular weight excluding hydrogens is 310 g/mol. The van der Waals surface area contributed by atoms with Crippen LogP contribution in [0.2, 0.25) is 5.02 Å². The fourth-order valence-electron chi connectivity index (χ4n) is 1.33. The molecule has 3 N–H and O–H groups in total. The molecule has 0 aliphatic heterocycles. The number of carboxylic acid groups (broad SMARTS) is 1. The largest absolute Gasteiger partial charge is 0.478 e. The number of aliphatic hydroxyl groups is 1. The third kappa shape index (κ3) is 4.73. The van der Waals surface area contributed by atoms with E-state index in [9.17, 15) is 13.2 Å². The maximum absolute atomic E-state index is 11.9. The first-order chi connectivity index (χ1) is 9.38. The smallest absolute Gasteiger partial charge is 0.337 e. The maximum atomic E-state index is 11.9. The van der Waals surface area contributed by atoms with E-state index in [4.69, 9.17) is 26.6 Å². The number of nitrogens with one attached hydrogen (secondary N) is 1. The van der Waals surface area contributed by atoms with Crippen molar-refractivity contribution < 1.29 is 28.2 Å². The number of hydrogen-bond acceptors (Lipinski definition) is 5. The number of hydrogen-bond donors (Lipinski definition) is 3. The zero-order chi connectivity index (χ0) is 15.2.